The molecule has 116 valence electrons. The van der Waals surface area contributed by atoms with Gasteiger partial charge in [-0.25, -0.2) is 9.18 Å². The lowest BCUT2D eigenvalue weighted by atomic mass is 10.1. The first-order chi connectivity index (χ1) is 10.4. The Morgan fingerprint density at radius 3 is 2.68 bits per heavy atom. The molecule has 5 nitrogen and oxygen atoms in total. The molecule has 2 rings (SSSR count). The third-order valence-electron chi connectivity index (χ3n) is 2.88. The van der Waals surface area contributed by atoms with Crippen molar-refractivity contribution < 1.29 is 24.2 Å². The molecule has 0 saturated heterocycles. The normalized spacial score (nSPS) is 11.9. The number of nitrogens with one attached hydrogen (secondary N) is 1. The maximum atomic E-state index is 13.8. The van der Waals surface area contributed by atoms with Gasteiger partial charge in [0.25, 0.3) is 5.91 Å². The lowest BCUT2D eigenvalue weighted by Crippen LogP contribution is -2.42. The third-order valence-corrected chi connectivity index (χ3v) is 4.07. The summed E-state index contributed by atoms with van der Waals surface area (Å²) in [5.74, 6) is -3.73. The number of halogens is 2. The molecular weight excluding hydrogens is 377 g/mol. The molecule has 0 fully saturated rings. The number of hydrogen-bond acceptors (Lipinski definition) is 4. The topological polar surface area (TPSA) is 86.6 Å². The lowest BCUT2D eigenvalue weighted by Gasteiger charge is -2.15. The zero-order valence-electron chi connectivity index (χ0n) is 11.0. The second-order valence-corrected chi connectivity index (χ2v) is 6.18. The Hall–Kier alpha value is -1.93. The maximum absolute atomic E-state index is 13.8. The summed E-state index contributed by atoms with van der Waals surface area (Å²) in [6.45, 7) is 0. The van der Waals surface area contributed by atoms with Gasteiger partial charge in [-0.15, -0.1) is 0 Å². The fourth-order valence-electron chi connectivity index (χ4n) is 1.86. The van der Waals surface area contributed by atoms with Gasteiger partial charge in [0.1, 0.15) is 23.2 Å². The Morgan fingerprint density at radius 2 is 2.14 bits per heavy atom. The molecule has 0 spiro atoms. The van der Waals surface area contributed by atoms with Crippen LogP contribution in [0, 0.1) is 5.82 Å². The molecule has 1 aromatic carbocycles. The molecular formula is C14H11BrFNO4S. The number of aromatic hydroxyl groups is 1. The molecule has 3 N–H and O–H groups in total. The lowest BCUT2D eigenvalue weighted by molar-refractivity contribution is -0.139. The fraction of sp³-hybridized carbons (Fsp3) is 0.143. The van der Waals surface area contributed by atoms with Gasteiger partial charge in [0.2, 0.25) is 0 Å². The summed E-state index contributed by atoms with van der Waals surface area (Å²) in [4.78, 5) is 23.3. The quantitative estimate of drug-likeness (QED) is 0.735. The van der Waals surface area contributed by atoms with Crippen LogP contribution in [0.2, 0.25) is 0 Å². The molecule has 22 heavy (non-hydrogen) atoms. The molecule has 1 unspecified atom stereocenters. The molecule has 0 aliphatic rings. The molecule has 0 aliphatic carbocycles. The van der Waals surface area contributed by atoms with Crippen LogP contribution in [0.5, 0.6) is 5.75 Å². The van der Waals surface area contributed by atoms with Crippen LogP contribution in [0.15, 0.2) is 33.4 Å². The summed E-state index contributed by atoms with van der Waals surface area (Å²) in [5, 5.41) is 24.6. The first kappa shape index (κ1) is 16.4. The Bertz CT molecular complexity index is 682. The number of carboxylic acids is 1. The van der Waals surface area contributed by atoms with Gasteiger partial charge in [-0.1, -0.05) is 15.9 Å². The summed E-state index contributed by atoms with van der Waals surface area (Å²) >= 11 is 4.39. The van der Waals surface area contributed by atoms with Gasteiger partial charge in [0.05, 0.1) is 0 Å². The standard InChI is InChI=1S/C14H11BrFNO4S/c15-8-4-9(16)12(11(18)5-8)13(19)17-10(14(20)21)3-7-1-2-22-6-7/h1-2,4-6,10,18H,3H2,(H,17,19)(H,20,21). The van der Waals surface area contributed by atoms with Crippen molar-refractivity contribution in [2.24, 2.45) is 0 Å². The predicted octanol–water partition coefficient (Wildman–Crippen LogP) is 2.78. The maximum Gasteiger partial charge on any atom is 0.326 e. The van der Waals surface area contributed by atoms with E-state index >= 15 is 0 Å². The van der Waals surface area contributed by atoms with E-state index in [1.165, 1.54) is 11.3 Å². The molecule has 2 aromatic rings. The van der Waals surface area contributed by atoms with Gasteiger partial charge in [0.15, 0.2) is 0 Å². The second-order valence-electron chi connectivity index (χ2n) is 4.48. The minimum Gasteiger partial charge on any atom is -0.507 e. The Morgan fingerprint density at radius 1 is 1.41 bits per heavy atom. The van der Waals surface area contributed by atoms with Crippen LogP contribution in [0.25, 0.3) is 0 Å². The van der Waals surface area contributed by atoms with Gasteiger partial charge in [-0.2, -0.15) is 11.3 Å². The highest BCUT2D eigenvalue weighted by atomic mass is 79.9. The smallest absolute Gasteiger partial charge is 0.326 e. The van der Waals surface area contributed by atoms with Gasteiger partial charge in [-0.3, -0.25) is 4.79 Å². The van der Waals surface area contributed by atoms with Gasteiger partial charge in [0, 0.05) is 10.9 Å². The van der Waals surface area contributed by atoms with Crippen LogP contribution in [0.1, 0.15) is 15.9 Å². The van der Waals surface area contributed by atoms with Crippen molar-refractivity contribution in [2.45, 2.75) is 12.5 Å². The average Bonchev–Trinajstić information content (AvgIpc) is 2.89. The number of phenolic OH excluding ortho intramolecular Hbond substituents is 1. The number of rotatable bonds is 5. The van der Waals surface area contributed by atoms with E-state index in [1.807, 2.05) is 0 Å². The molecule has 0 bridgehead atoms. The number of carbonyl (C=O) groups is 2. The van der Waals surface area contributed by atoms with E-state index in [1.54, 1.807) is 16.8 Å². The summed E-state index contributed by atoms with van der Waals surface area (Å²) in [6, 6.07) is 2.70. The van der Waals surface area contributed by atoms with Crippen LogP contribution in [0.4, 0.5) is 4.39 Å². The monoisotopic (exact) mass is 387 g/mol. The number of thiophene rings is 1. The van der Waals surface area contributed by atoms with Crippen molar-refractivity contribution in [3.63, 3.8) is 0 Å². The molecule has 1 atom stereocenters. The molecule has 0 aliphatic heterocycles. The predicted molar refractivity (Wildman–Crippen MR) is 82.7 cm³/mol. The van der Waals surface area contributed by atoms with Crippen molar-refractivity contribution >= 4 is 39.1 Å². The van der Waals surface area contributed by atoms with E-state index in [0.717, 1.165) is 17.7 Å². The highest BCUT2D eigenvalue weighted by molar-refractivity contribution is 9.10. The van der Waals surface area contributed by atoms with E-state index in [-0.39, 0.29) is 10.9 Å². The average molecular weight is 388 g/mol. The highest BCUT2D eigenvalue weighted by Gasteiger charge is 2.25. The highest BCUT2D eigenvalue weighted by Crippen LogP contribution is 2.25. The van der Waals surface area contributed by atoms with Crippen LogP contribution >= 0.6 is 27.3 Å². The number of carboxylic acid groups (broad SMARTS) is 1. The number of phenols is 1. The first-order valence-electron chi connectivity index (χ1n) is 6.11. The summed E-state index contributed by atoms with van der Waals surface area (Å²) in [6.07, 6.45) is 0.0729. The van der Waals surface area contributed by atoms with E-state index in [4.69, 9.17) is 0 Å². The second kappa shape index (κ2) is 6.89. The van der Waals surface area contributed by atoms with E-state index in [2.05, 4.69) is 21.2 Å². The van der Waals surface area contributed by atoms with Gasteiger partial charge >= 0.3 is 5.97 Å². The van der Waals surface area contributed by atoms with Crippen molar-refractivity contribution in [3.05, 3.63) is 50.4 Å². The van der Waals surface area contributed by atoms with Crippen molar-refractivity contribution in [1.29, 1.82) is 0 Å². The Kier molecular flexibility index (Phi) is 5.15. The number of hydrogen-bond donors (Lipinski definition) is 3. The summed E-state index contributed by atoms with van der Waals surface area (Å²) in [5.41, 5.74) is 0.165. The minimum atomic E-state index is -1.24. The number of benzene rings is 1. The first-order valence-corrected chi connectivity index (χ1v) is 7.85. The number of carbonyl (C=O) groups excluding carboxylic acids is 1. The van der Waals surface area contributed by atoms with Crippen LogP contribution in [-0.4, -0.2) is 28.1 Å². The van der Waals surface area contributed by atoms with Gasteiger partial charge in [-0.05, 0) is 34.5 Å². The summed E-state index contributed by atoms with van der Waals surface area (Å²) < 4.78 is 14.1. The molecule has 1 amide bonds. The zero-order valence-corrected chi connectivity index (χ0v) is 13.4. The van der Waals surface area contributed by atoms with Crippen LogP contribution in [-0.2, 0) is 11.2 Å². The zero-order chi connectivity index (χ0) is 16.3. The minimum absolute atomic E-state index is 0.0729. The van der Waals surface area contributed by atoms with Crippen LogP contribution < -0.4 is 5.32 Å². The molecule has 0 radical (unpaired) electrons. The number of aliphatic carboxylic acids is 1. The summed E-state index contributed by atoms with van der Waals surface area (Å²) in [7, 11) is 0. The van der Waals surface area contributed by atoms with Crippen molar-refractivity contribution in [3.8, 4) is 5.75 Å². The Labute approximate surface area is 137 Å². The Balaban J connectivity index is 2.20. The fourth-order valence-corrected chi connectivity index (χ4v) is 2.96. The van der Waals surface area contributed by atoms with Crippen molar-refractivity contribution in [2.75, 3.05) is 0 Å². The van der Waals surface area contributed by atoms with E-state index in [9.17, 15) is 24.2 Å². The number of amides is 1. The molecule has 0 saturated carbocycles. The van der Waals surface area contributed by atoms with Gasteiger partial charge < -0.3 is 15.5 Å². The van der Waals surface area contributed by atoms with Crippen LogP contribution in [0.3, 0.4) is 0 Å². The third kappa shape index (κ3) is 3.83. The molecule has 1 heterocycles. The largest absolute Gasteiger partial charge is 0.507 e. The molecule has 1 aromatic heterocycles. The van der Waals surface area contributed by atoms with E-state index in [0.29, 0.717) is 0 Å². The SMILES string of the molecule is O=C(NC(Cc1ccsc1)C(=O)O)c1c(O)cc(Br)cc1F. The van der Waals surface area contributed by atoms with Crippen molar-refractivity contribution in [1.82, 2.24) is 5.32 Å². The van der Waals surface area contributed by atoms with E-state index < -0.39 is 35.0 Å². The molecule has 8 heteroatoms.